The highest BCUT2D eigenvalue weighted by atomic mass is 28.4. The van der Waals surface area contributed by atoms with E-state index in [1.807, 2.05) is 0 Å². The molecule has 202 valence electrons. The SMILES string of the molecule is CCCC[Si](CCCC)(CCCC)O[C@H]1CC[C@H]2[C@@H]3CCC4=C[C@@H](O)CC[C@]4(CO)[C@H]3CC[C@]12C. The van der Waals surface area contributed by atoms with Gasteiger partial charge in [-0.25, -0.2) is 0 Å². The van der Waals surface area contributed by atoms with E-state index < -0.39 is 8.32 Å². The van der Waals surface area contributed by atoms with Crippen molar-refractivity contribution in [3.05, 3.63) is 11.6 Å². The number of aliphatic hydroxyl groups excluding tert-OH is 2. The quantitative estimate of drug-likeness (QED) is 0.209. The molecule has 7 atom stereocenters. The van der Waals surface area contributed by atoms with Crippen molar-refractivity contribution in [2.75, 3.05) is 6.61 Å². The summed E-state index contributed by atoms with van der Waals surface area (Å²) in [6, 6.07) is 4.12. The van der Waals surface area contributed by atoms with Gasteiger partial charge in [-0.05, 0) is 92.7 Å². The third kappa shape index (κ3) is 5.25. The second-order valence-corrected chi connectivity index (χ2v) is 17.4. The van der Waals surface area contributed by atoms with Crippen LogP contribution in [-0.4, -0.2) is 37.3 Å². The van der Waals surface area contributed by atoms with Crippen molar-refractivity contribution in [1.29, 1.82) is 0 Å². The molecular formula is C31H56O3Si. The van der Waals surface area contributed by atoms with Crippen molar-refractivity contribution >= 4 is 8.32 Å². The molecule has 0 aromatic heterocycles. The van der Waals surface area contributed by atoms with Gasteiger partial charge in [0.2, 0.25) is 0 Å². The second-order valence-electron chi connectivity index (χ2n) is 13.2. The molecule has 4 heteroatoms. The fraction of sp³-hybridized carbons (Fsp3) is 0.935. The molecule has 3 nitrogen and oxygen atoms in total. The minimum Gasteiger partial charge on any atom is -0.413 e. The van der Waals surface area contributed by atoms with Crippen LogP contribution in [0.3, 0.4) is 0 Å². The summed E-state index contributed by atoms with van der Waals surface area (Å²) in [5.41, 5.74) is 1.65. The third-order valence-corrected chi connectivity index (χ3v) is 15.9. The molecular weight excluding hydrogens is 448 g/mol. The molecule has 35 heavy (non-hydrogen) atoms. The number of hydrogen-bond donors (Lipinski definition) is 2. The molecule has 0 heterocycles. The van der Waals surface area contributed by atoms with Crippen LogP contribution in [0, 0.1) is 28.6 Å². The van der Waals surface area contributed by atoms with Crippen LogP contribution in [0.4, 0.5) is 0 Å². The summed E-state index contributed by atoms with van der Waals surface area (Å²) in [6.07, 6.45) is 19.4. The maximum absolute atomic E-state index is 10.7. The van der Waals surface area contributed by atoms with Crippen LogP contribution in [-0.2, 0) is 4.43 Å². The molecule has 0 amide bonds. The molecule has 0 unspecified atom stereocenters. The van der Waals surface area contributed by atoms with Gasteiger partial charge in [0.15, 0.2) is 8.32 Å². The van der Waals surface area contributed by atoms with Crippen LogP contribution >= 0.6 is 0 Å². The minimum atomic E-state index is -1.72. The van der Waals surface area contributed by atoms with Gasteiger partial charge < -0.3 is 14.6 Å². The Kier molecular flexibility index (Phi) is 9.32. The van der Waals surface area contributed by atoms with E-state index in [0.29, 0.717) is 17.4 Å². The van der Waals surface area contributed by atoms with E-state index in [1.54, 1.807) is 0 Å². The van der Waals surface area contributed by atoms with Gasteiger partial charge in [-0.2, -0.15) is 0 Å². The Morgan fingerprint density at radius 3 is 2.14 bits per heavy atom. The normalized spacial score (nSPS) is 39.0. The van der Waals surface area contributed by atoms with Gasteiger partial charge in [0.1, 0.15) is 0 Å². The largest absolute Gasteiger partial charge is 0.413 e. The van der Waals surface area contributed by atoms with E-state index in [-0.39, 0.29) is 18.1 Å². The molecule has 0 aromatic rings. The fourth-order valence-electron chi connectivity index (χ4n) is 9.30. The zero-order valence-corrected chi connectivity index (χ0v) is 24.5. The number of aliphatic hydroxyl groups is 2. The number of rotatable bonds is 12. The maximum atomic E-state index is 10.7. The van der Waals surface area contributed by atoms with Crippen LogP contribution in [0.15, 0.2) is 11.6 Å². The molecule has 0 spiro atoms. The summed E-state index contributed by atoms with van der Waals surface area (Å²) >= 11 is 0. The maximum Gasteiger partial charge on any atom is 0.193 e. The lowest BCUT2D eigenvalue weighted by Gasteiger charge is -2.59. The highest BCUT2D eigenvalue weighted by Gasteiger charge is 2.61. The molecule has 4 aliphatic carbocycles. The Morgan fingerprint density at radius 2 is 1.54 bits per heavy atom. The zero-order valence-electron chi connectivity index (χ0n) is 23.5. The molecule has 0 bridgehead atoms. The summed E-state index contributed by atoms with van der Waals surface area (Å²) in [6.45, 7) is 9.92. The van der Waals surface area contributed by atoms with E-state index >= 15 is 0 Å². The molecule has 0 aromatic carbocycles. The minimum absolute atomic E-state index is 0.0513. The van der Waals surface area contributed by atoms with Crippen molar-refractivity contribution in [1.82, 2.24) is 0 Å². The smallest absolute Gasteiger partial charge is 0.193 e. The molecule has 0 saturated heterocycles. The standard InChI is InChI=1S/C31H56O3Si/c1-5-8-19-35(20-9-6-2,21-10-7-3)34-29-14-13-27-26-12-11-24-22-25(33)15-18-31(24,23-32)28(26)16-17-30(27,29)4/h22,25-29,32-33H,5-21,23H2,1-4H3/t25-,26-,27-,28-,29-,30-,31+/m0/s1. The summed E-state index contributed by atoms with van der Waals surface area (Å²) < 4.78 is 7.57. The Balaban J connectivity index is 1.55. The van der Waals surface area contributed by atoms with Gasteiger partial charge >= 0.3 is 0 Å². The molecule has 2 N–H and O–H groups in total. The van der Waals surface area contributed by atoms with Gasteiger partial charge in [0.25, 0.3) is 0 Å². The third-order valence-electron chi connectivity index (χ3n) is 11.4. The first-order valence-corrected chi connectivity index (χ1v) is 18.1. The molecule has 3 saturated carbocycles. The summed E-state index contributed by atoms with van der Waals surface area (Å²) in [5.74, 6) is 2.07. The first-order valence-electron chi connectivity index (χ1n) is 15.6. The molecule has 3 fully saturated rings. The topological polar surface area (TPSA) is 49.7 Å². The van der Waals surface area contributed by atoms with E-state index in [2.05, 4.69) is 33.8 Å². The monoisotopic (exact) mass is 504 g/mol. The highest BCUT2D eigenvalue weighted by molar-refractivity contribution is 6.73. The van der Waals surface area contributed by atoms with E-state index in [1.165, 1.54) is 94.3 Å². The van der Waals surface area contributed by atoms with Crippen molar-refractivity contribution in [2.24, 2.45) is 28.6 Å². The number of unbranched alkanes of at least 4 members (excludes halogenated alkanes) is 3. The lowest BCUT2D eigenvalue weighted by atomic mass is 9.47. The van der Waals surface area contributed by atoms with Crippen LogP contribution in [0.2, 0.25) is 18.1 Å². The fourth-order valence-corrected chi connectivity index (χ4v) is 14.4. The first-order chi connectivity index (χ1) is 16.9. The lowest BCUT2D eigenvalue weighted by Crippen LogP contribution is -2.55. The van der Waals surface area contributed by atoms with Gasteiger partial charge in [-0.1, -0.05) is 77.9 Å². The Labute approximate surface area is 217 Å². The molecule has 4 rings (SSSR count). The van der Waals surface area contributed by atoms with Crippen molar-refractivity contribution in [3.8, 4) is 0 Å². The van der Waals surface area contributed by atoms with Gasteiger partial charge in [0, 0.05) is 5.41 Å². The predicted octanol–water partition coefficient (Wildman–Crippen LogP) is 8.01. The van der Waals surface area contributed by atoms with Crippen LogP contribution in [0.25, 0.3) is 0 Å². The van der Waals surface area contributed by atoms with E-state index in [4.69, 9.17) is 4.43 Å². The average Bonchev–Trinajstić information content (AvgIpc) is 3.20. The lowest BCUT2D eigenvalue weighted by molar-refractivity contribution is -0.0907. The van der Waals surface area contributed by atoms with Gasteiger partial charge in [-0.3, -0.25) is 0 Å². The number of fused-ring (bicyclic) bond motifs is 5. The predicted molar refractivity (Wildman–Crippen MR) is 149 cm³/mol. The Hall–Kier alpha value is -0.163. The van der Waals surface area contributed by atoms with Crippen molar-refractivity contribution in [2.45, 2.75) is 148 Å². The van der Waals surface area contributed by atoms with E-state index in [9.17, 15) is 10.2 Å². The van der Waals surface area contributed by atoms with Crippen LogP contribution in [0.1, 0.15) is 118 Å². The van der Waals surface area contributed by atoms with Gasteiger partial charge in [-0.15, -0.1) is 0 Å². The average molecular weight is 505 g/mol. The Morgan fingerprint density at radius 1 is 0.886 bits per heavy atom. The van der Waals surface area contributed by atoms with E-state index in [0.717, 1.165) is 31.1 Å². The van der Waals surface area contributed by atoms with Crippen molar-refractivity contribution < 1.29 is 14.6 Å². The summed E-state index contributed by atoms with van der Waals surface area (Å²) in [5, 5.41) is 21.0. The first kappa shape index (κ1) is 27.9. The molecule has 4 aliphatic rings. The molecule has 0 aliphatic heterocycles. The Bertz CT molecular complexity index is 700. The van der Waals surface area contributed by atoms with Crippen molar-refractivity contribution in [3.63, 3.8) is 0 Å². The van der Waals surface area contributed by atoms with Gasteiger partial charge in [0.05, 0.1) is 18.8 Å². The number of hydrogen-bond acceptors (Lipinski definition) is 3. The van der Waals surface area contributed by atoms with Crippen LogP contribution < -0.4 is 0 Å². The highest BCUT2D eigenvalue weighted by Crippen LogP contribution is 2.66. The second kappa shape index (κ2) is 11.7. The zero-order chi connectivity index (χ0) is 25.1. The molecule has 0 radical (unpaired) electrons. The summed E-state index contributed by atoms with van der Waals surface area (Å²) in [4.78, 5) is 0. The summed E-state index contributed by atoms with van der Waals surface area (Å²) in [7, 11) is -1.72. The van der Waals surface area contributed by atoms with Crippen LogP contribution in [0.5, 0.6) is 0 Å².